The Morgan fingerprint density at radius 1 is 1.32 bits per heavy atom. The molecule has 8 nitrogen and oxygen atoms in total. The summed E-state index contributed by atoms with van der Waals surface area (Å²) in [5, 5.41) is 21.9. The first-order valence-corrected chi connectivity index (χ1v) is 8.98. The highest BCUT2D eigenvalue weighted by molar-refractivity contribution is 5.92. The Kier molecular flexibility index (Phi) is 3.40. The van der Waals surface area contributed by atoms with E-state index in [4.69, 9.17) is 4.74 Å². The predicted octanol–water partition coefficient (Wildman–Crippen LogP) is 1.88. The summed E-state index contributed by atoms with van der Waals surface area (Å²) in [6.07, 6.45) is -0.00554. The lowest BCUT2D eigenvalue weighted by Gasteiger charge is -2.33. The van der Waals surface area contributed by atoms with Crippen LogP contribution in [0.15, 0.2) is 35.1 Å². The highest BCUT2D eigenvalue weighted by Gasteiger charge is 2.48. The summed E-state index contributed by atoms with van der Waals surface area (Å²) in [7, 11) is 0. The molecule has 0 bridgehead atoms. The van der Waals surface area contributed by atoms with E-state index in [0.717, 1.165) is 16.5 Å². The van der Waals surface area contributed by atoms with Crippen molar-refractivity contribution in [2.75, 3.05) is 5.48 Å². The molecule has 0 saturated heterocycles. The molecule has 8 heteroatoms. The van der Waals surface area contributed by atoms with Crippen LogP contribution in [-0.2, 0) is 28.3 Å². The summed E-state index contributed by atoms with van der Waals surface area (Å²) >= 11 is 0. The van der Waals surface area contributed by atoms with E-state index >= 15 is 0 Å². The summed E-state index contributed by atoms with van der Waals surface area (Å²) in [5.74, 6) is -0.840. The summed E-state index contributed by atoms with van der Waals surface area (Å²) in [5.41, 5.74) is 2.50. The molecule has 3 N–H and O–H groups in total. The van der Waals surface area contributed by atoms with Gasteiger partial charge in [-0.1, -0.05) is 25.1 Å². The van der Waals surface area contributed by atoms with E-state index in [1.807, 2.05) is 30.3 Å². The summed E-state index contributed by atoms with van der Waals surface area (Å²) in [6, 6.07) is 9.54. The average molecular weight is 379 g/mol. The number of carbonyl (C=O) groups excluding carboxylic acids is 1. The Hall–Kier alpha value is -3.23. The van der Waals surface area contributed by atoms with E-state index < -0.39 is 11.6 Å². The number of fused-ring (bicyclic) bond motifs is 5. The number of hydrogen-bond acceptors (Lipinski definition) is 7. The number of para-hydroxylation sites is 1. The third-order valence-electron chi connectivity index (χ3n) is 5.64. The van der Waals surface area contributed by atoms with Crippen LogP contribution in [0.5, 0.6) is 0 Å². The lowest BCUT2D eigenvalue weighted by atomic mass is 9.84. The smallest absolute Gasteiger partial charge is 0.343 e. The van der Waals surface area contributed by atoms with Gasteiger partial charge in [0.2, 0.25) is 0 Å². The molecule has 0 spiro atoms. The summed E-state index contributed by atoms with van der Waals surface area (Å²) < 4.78 is 6.55. The maximum atomic E-state index is 13.2. The van der Waals surface area contributed by atoms with Crippen LogP contribution in [0, 0.1) is 0 Å². The molecule has 0 saturated carbocycles. The van der Waals surface area contributed by atoms with Crippen molar-refractivity contribution in [3.05, 3.63) is 57.4 Å². The number of nitrogens with one attached hydrogen (secondary N) is 1. The highest BCUT2D eigenvalue weighted by Crippen LogP contribution is 2.44. The van der Waals surface area contributed by atoms with Gasteiger partial charge in [0, 0.05) is 16.5 Å². The lowest BCUT2D eigenvalue weighted by molar-refractivity contribution is -0.172. The minimum atomic E-state index is -2.02. The van der Waals surface area contributed by atoms with Crippen molar-refractivity contribution in [3.8, 4) is 11.4 Å². The van der Waals surface area contributed by atoms with Crippen LogP contribution in [-0.4, -0.2) is 25.8 Å². The maximum absolute atomic E-state index is 13.2. The fourth-order valence-corrected chi connectivity index (χ4v) is 4.21. The molecule has 0 fully saturated rings. The lowest BCUT2D eigenvalue weighted by Crippen LogP contribution is -2.45. The zero-order valence-electron chi connectivity index (χ0n) is 15.0. The van der Waals surface area contributed by atoms with Crippen molar-refractivity contribution >= 4 is 22.6 Å². The van der Waals surface area contributed by atoms with Crippen molar-refractivity contribution in [1.29, 1.82) is 0 Å². The second kappa shape index (κ2) is 5.63. The topological polar surface area (TPSA) is 114 Å². The van der Waals surface area contributed by atoms with Gasteiger partial charge >= 0.3 is 5.97 Å². The Morgan fingerprint density at radius 2 is 2.11 bits per heavy atom. The Bertz CT molecular complexity index is 1230. The van der Waals surface area contributed by atoms with Gasteiger partial charge in [0.05, 0.1) is 34.7 Å². The monoisotopic (exact) mass is 379 g/mol. The number of aliphatic hydroxyl groups is 1. The van der Waals surface area contributed by atoms with Crippen LogP contribution in [0.2, 0.25) is 0 Å². The number of ether oxygens (including phenoxy) is 1. The van der Waals surface area contributed by atoms with E-state index in [1.54, 1.807) is 6.92 Å². The number of rotatable bonds is 2. The molecule has 2 aliphatic heterocycles. The first-order valence-electron chi connectivity index (χ1n) is 8.98. The van der Waals surface area contributed by atoms with E-state index in [1.165, 1.54) is 4.57 Å². The highest BCUT2D eigenvalue weighted by atomic mass is 16.6. The zero-order valence-corrected chi connectivity index (χ0v) is 15.0. The standard InChI is InChI=1S/C20H17N3O5/c1-2-20(26)14-12(9-28-19(20)25)18(24)23-8-11-7-10-5-3-4-6-13(10)21-15(11)17(23)16(14)22-27/h3-7,22,26-27H,2,8-9H2,1H3/t20-/m0/s1. The molecule has 1 atom stereocenters. The van der Waals surface area contributed by atoms with Gasteiger partial charge in [0.1, 0.15) is 6.61 Å². The van der Waals surface area contributed by atoms with E-state index in [0.29, 0.717) is 11.4 Å². The molecule has 0 unspecified atom stereocenters. The predicted molar refractivity (Wildman–Crippen MR) is 99.9 cm³/mol. The molecule has 142 valence electrons. The Balaban J connectivity index is 1.89. The van der Waals surface area contributed by atoms with Crippen molar-refractivity contribution in [2.24, 2.45) is 0 Å². The van der Waals surface area contributed by atoms with Gasteiger partial charge < -0.3 is 9.84 Å². The normalized spacial score (nSPS) is 19.8. The molecule has 0 radical (unpaired) electrons. The Morgan fingerprint density at radius 3 is 2.86 bits per heavy atom. The third-order valence-corrected chi connectivity index (χ3v) is 5.64. The second-order valence-electron chi connectivity index (χ2n) is 7.06. The van der Waals surface area contributed by atoms with Gasteiger partial charge in [-0.3, -0.25) is 20.0 Å². The molecule has 2 aromatic heterocycles. The molecule has 4 heterocycles. The molecule has 0 amide bonds. The van der Waals surface area contributed by atoms with Gasteiger partial charge in [-0.15, -0.1) is 0 Å². The fourth-order valence-electron chi connectivity index (χ4n) is 4.21. The van der Waals surface area contributed by atoms with E-state index in [2.05, 4.69) is 10.5 Å². The number of nitrogens with zero attached hydrogens (tertiary/aromatic N) is 2. The van der Waals surface area contributed by atoms with Crippen LogP contribution in [0.1, 0.15) is 30.0 Å². The van der Waals surface area contributed by atoms with Gasteiger partial charge in [-0.2, -0.15) is 0 Å². The number of anilines is 1. The van der Waals surface area contributed by atoms with Crippen LogP contribution in [0.3, 0.4) is 0 Å². The minimum absolute atomic E-state index is 0.00554. The third kappa shape index (κ3) is 1.98. The molecule has 1 aromatic carbocycles. The van der Waals surface area contributed by atoms with Gasteiger partial charge in [0.15, 0.2) is 5.60 Å². The van der Waals surface area contributed by atoms with Crippen LogP contribution >= 0.6 is 0 Å². The number of carbonyl (C=O) groups is 1. The molecule has 28 heavy (non-hydrogen) atoms. The molecule has 0 aliphatic carbocycles. The van der Waals surface area contributed by atoms with Crippen LogP contribution < -0.4 is 11.0 Å². The van der Waals surface area contributed by atoms with Crippen molar-refractivity contribution in [2.45, 2.75) is 32.1 Å². The zero-order chi connectivity index (χ0) is 19.6. The van der Waals surface area contributed by atoms with Crippen LogP contribution in [0.4, 0.5) is 5.69 Å². The molecule has 3 aromatic rings. The van der Waals surface area contributed by atoms with Gasteiger partial charge in [-0.05, 0) is 18.6 Å². The summed E-state index contributed by atoms with van der Waals surface area (Å²) in [6.45, 7) is 1.64. The molecular weight excluding hydrogens is 362 g/mol. The number of esters is 1. The largest absolute Gasteiger partial charge is 0.458 e. The number of hydrogen-bond donors (Lipinski definition) is 3. The first-order chi connectivity index (χ1) is 13.5. The van der Waals surface area contributed by atoms with Gasteiger partial charge in [-0.25, -0.2) is 9.78 Å². The van der Waals surface area contributed by atoms with Crippen LogP contribution in [0.25, 0.3) is 22.3 Å². The minimum Gasteiger partial charge on any atom is -0.458 e. The quantitative estimate of drug-likeness (QED) is 0.360. The second-order valence-corrected chi connectivity index (χ2v) is 7.06. The van der Waals surface area contributed by atoms with Crippen molar-refractivity contribution in [1.82, 2.24) is 9.55 Å². The number of aromatic nitrogens is 2. The average Bonchev–Trinajstić information content (AvgIpc) is 3.08. The molecule has 5 rings (SSSR count). The molecule has 2 aliphatic rings. The number of benzene rings is 1. The summed E-state index contributed by atoms with van der Waals surface area (Å²) in [4.78, 5) is 30.2. The Labute approximate surface area is 159 Å². The SMILES string of the molecule is CC[C@@]1(O)C(=O)OCc2c1c(NO)c1n(c2=O)Cc2cc3ccccc3nc2-1. The van der Waals surface area contributed by atoms with E-state index in [9.17, 15) is 19.9 Å². The fraction of sp³-hybridized carbons (Fsp3) is 0.250. The molecular formula is C20H17N3O5. The van der Waals surface area contributed by atoms with Crippen molar-refractivity contribution in [3.63, 3.8) is 0 Å². The maximum Gasteiger partial charge on any atom is 0.343 e. The number of pyridine rings is 2. The van der Waals surface area contributed by atoms with E-state index in [-0.39, 0.29) is 41.9 Å². The number of cyclic esters (lactones) is 1. The van der Waals surface area contributed by atoms with Gasteiger partial charge in [0.25, 0.3) is 5.56 Å². The first kappa shape index (κ1) is 16.9. The van der Waals surface area contributed by atoms with Crippen molar-refractivity contribution < 1.29 is 19.8 Å².